The number of piperidine rings is 1. The minimum absolute atomic E-state index is 0.00131. The van der Waals surface area contributed by atoms with Crippen LogP contribution in [-0.2, 0) is 14.4 Å². The molecule has 6 unspecified atom stereocenters. The van der Waals surface area contributed by atoms with E-state index in [1.165, 1.54) is 16.2 Å². The minimum atomic E-state index is -0.345. The van der Waals surface area contributed by atoms with Crippen LogP contribution >= 0.6 is 23.1 Å². The zero-order valence-corrected chi connectivity index (χ0v) is 25.5. The summed E-state index contributed by atoms with van der Waals surface area (Å²) in [6.45, 7) is 3.56. The van der Waals surface area contributed by atoms with Crippen LogP contribution in [0.15, 0.2) is 58.4 Å². The predicted octanol–water partition coefficient (Wildman–Crippen LogP) is 4.81. The standard InChI is InChI=1S/C33H33N3O5S2/c1-17-8-10-19(11-9-17)36-31(38)26-21-15-22(27(26)32(36)39)28-25(21)24(29-30(42-28)34-33(40)43-29)18-6-5-7-20(14-18)41-16-23(37)35-12-3-2-4-13-35/h5-11,14,21-22,24-28H,2-4,12-13,15-16H2,1H3,(H,34,40)/t21?,22?,24-,25?,26?,27?,28?/m1/s1. The molecule has 0 spiro atoms. The third-order valence-corrected chi connectivity index (χ3v) is 12.9. The van der Waals surface area contributed by atoms with E-state index in [2.05, 4.69) is 11.1 Å². The molecular weight excluding hydrogens is 583 g/mol. The van der Waals surface area contributed by atoms with Crippen LogP contribution < -0.4 is 14.5 Å². The average Bonchev–Trinajstić information content (AvgIpc) is 3.76. The summed E-state index contributed by atoms with van der Waals surface area (Å²) in [5, 5.41) is 0.998. The first kappa shape index (κ1) is 27.2. The number of H-pyrrole nitrogens is 1. The van der Waals surface area contributed by atoms with Gasteiger partial charge in [0.05, 0.1) is 22.5 Å². The molecule has 2 bridgehead atoms. The molecule has 2 saturated heterocycles. The Hall–Kier alpha value is -3.37. The minimum Gasteiger partial charge on any atom is -0.484 e. The zero-order valence-electron chi connectivity index (χ0n) is 23.9. The number of rotatable bonds is 5. The summed E-state index contributed by atoms with van der Waals surface area (Å²) in [5.41, 5.74) is 2.75. The largest absolute Gasteiger partial charge is 0.484 e. The Balaban J connectivity index is 1.11. The highest BCUT2D eigenvalue weighted by Crippen LogP contribution is 2.68. The van der Waals surface area contributed by atoms with Crippen molar-refractivity contribution in [3.05, 3.63) is 74.2 Å². The van der Waals surface area contributed by atoms with E-state index in [0.717, 1.165) is 59.8 Å². The van der Waals surface area contributed by atoms with Gasteiger partial charge in [0.15, 0.2) is 6.61 Å². The van der Waals surface area contributed by atoms with E-state index in [4.69, 9.17) is 4.74 Å². The van der Waals surface area contributed by atoms with Crippen molar-refractivity contribution in [1.29, 1.82) is 0 Å². The Kier molecular flexibility index (Phi) is 6.56. The van der Waals surface area contributed by atoms with Crippen LogP contribution in [0, 0.1) is 36.5 Å². The summed E-state index contributed by atoms with van der Waals surface area (Å²) in [7, 11) is 0. The number of anilines is 1. The lowest BCUT2D eigenvalue weighted by Crippen LogP contribution is -2.42. The maximum Gasteiger partial charge on any atom is 0.305 e. The first-order valence-electron chi connectivity index (χ1n) is 15.2. The van der Waals surface area contributed by atoms with Crippen molar-refractivity contribution < 1.29 is 19.1 Å². The van der Waals surface area contributed by atoms with Gasteiger partial charge in [-0.15, -0.1) is 11.8 Å². The van der Waals surface area contributed by atoms with Gasteiger partial charge >= 0.3 is 4.87 Å². The van der Waals surface area contributed by atoms with Gasteiger partial charge in [-0.05, 0) is 80.2 Å². The number of carbonyl (C=O) groups excluding carboxylic acids is 3. The van der Waals surface area contributed by atoms with E-state index < -0.39 is 0 Å². The number of imide groups is 1. The van der Waals surface area contributed by atoms with E-state index in [-0.39, 0.29) is 70.0 Å². The first-order chi connectivity index (χ1) is 20.9. The molecule has 3 amide bonds. The van der Waals surface area contributed by atoms with Gasteiger partial charge in [0.1, 0.15) is 5.75 Å². The van der Waals surface area contributed by atoms with Crippen molar-refractivity contribution in [1.82, 2.24) is 9.88 Å². The number of hydrogen-bond donors (Lipinski definition) is 1. The molecular formula is C33H33N3O5S2. The molecule has 2 aliphatic carbocycles. The third kappa shape index (κ3) is 4.31. The molecule has 5 aliphatic rings. The molecule has 2 aromatic carbocycles. The summed E-state index contributed by atoms with van der Waals surface area (Å²) in [6.07, 6.45) is 4.07. The summed E-state index contributed by atoms with van der Waals surface area (Å²) in [5.74, 6) is -0.0906. The van der Waals surface area contributed by atoms with Gasteiger partial charge in [0.2, 0.25) is 11.8 Å². The average molecular weight is 616 g/mol. The fourth-order valence-corrected chi connectivity index (χ4v) is 11.4. The van der Waals surface area contributed by atoms with Crippen molar-refractivity contribution in [2.24, 2.45) is 29.6 Å². The Morgan fingerprint density at radius 3 is 2.49 bits per heavy atom. The summed E-state index contributed by atoms with van der Waals surface area (Å²) in [6, 6.07) is 15.5. The molecule has 222 valence electrons. The molecule has 0 radical (unpaired) electrons. The van der Waals surface area contributed by atoms with Crippen LogP contribution in [0.2, 0.25) is 0 Å². The Morgan fingerprint density at radius 1 is 0.977 bits per heavy atom. The van der Waals surface area contributed by atoms with Gasteiger partial charge in [0, 0.05) is 29.1 Å². The van der Waals surface area contributed by atoms with E-state index in [1.54, 1.807) is 11.8 Å². The smallest absolute Gasteiger partial charge is 0.305 e. The molecule has 3 aliphatic heterocycles. The van der Waals surface area contributed by atoms with Crippen molar-refractivity contribution in [3.63, 3.8) is 0 Å². The van der Waals surface area contributed by atoms with Crippen molar-refractivity contribution in [2.75, 3.05) is 24.6 Å². The number of thioether (sulfide) groups is 1. The number of carbonyl (C=O) groups is 3. The quantitative estimate of drug-likeness (QED) is 0.414. The second kappa shape index (κ2) is 10.4. The number of likely N-dealkylation sites (tertiary alicyclic amines) is 1. The number of aromatic nitrogens is 1. The molecule has 7 atom stereocenters. The highest BCUT2D eigenvalue weighted by Gasteiger charge is 2.69. The molecule has 4 fully saturated rings. The number of hydrogen-bond acceptors (Lipinski definition) is 7. The summed E-state index contributed by atoms with van der Waals surface area (Å²) in [4.78, 5) is 60.4. The van der Waals surface area contributed by atoms with Gasteiger partial charge in [-0.2, -0.15) is 0 Å². The van der Waals surface area contributed by atoms with Gasteiger partial charge in [0.25, 0.3) is 5.91 Å². The number of thiazole rings is 1. The van der Waals surface area contributed by atoms with Crippen LogP contribution in [0.4, 0.5) is 5.69 Å². The molecule has 10 heteroatoms. The molecule has 43 heavy (non-hydrogen) atoms. The lowest BCUT2D eigenvalue weighted by Gasteiger charge is -2.43. The van der Waals surface area contributed by atoms with Crippen LogP contribution in [-0.4, -0.2) is 52.6 Å². The number of fused-ring (bicyclic) bond motifs is 9. The van der Waals surface area contributed by atoms with E-state index >= 15 is 0 Å². The molecule has 8 nitrogen and oxygen atoms in total. The van der Waals surface area contributed by atoms with Gasteiger partial charge < -0.3 is 14.6 Å². The topological polar surface area (TPSA) is 99.8 Å². The van der Waals surface area contributed by atoms with Crippen LogP contribution in [0.5, 0.6) is 5.75 Å². The maximum absolute atomic E-state index is 14.0. The summed E-state index contributed by atoms with van der Waals surface area (Å²) >= 11 is 2.93. The Morgan fingerprint density at radius 2 is 1.72 bits per heavy atom. The lowest BCUT2D eigenvalue weighted by molar-refractivity contribution is -0.134. The summed E-state index contributed by atoms with van der Waals surface area (Å²) < 4.78 is 6.02. The van der Waals surface area contributed by atoms with Crippen LogP contribution in [0.3, 0.4) is 0 Å². The second-order valence-corrected chi connectivity index (χ2v) is 14.8. The molecule has 2 saturated carbocycles. The van der Waals surface area contributed by atoms with E-state index in [0.29, 0.717) is 11.4 Å². The van der Waals surface area contributed by atoms with Crippen molar-refractivity contribution in [2.45, 2.75) is 48.8 Å². The zero-order chi connectivity index (χ0) is 29.4. The molecule has 3 aromatic rings. The molecule has 4 heterocycles. The number of nitrogens with zero attached hydrogens (tertiary/aromatic N) is 2. The van der Waals surface area contributed by atoms with Gasteiger partial charge in [-0.3, -0.25) is 24.1 Å². The number of amides is 3. The Bertz CT molecular complexity index is 1680. The number of aromatic amines is 1. The van der Waals surface area contributed by atoms with Gasteiger partial charge in [-0.25, -0.2) is 0 Å². The number of ether oxygens (including phenoxy) is 1. The lowest BCUT2D eigenvalue weighted by atomic mass is 9.68. The molecule has 1 aromatic heterocycles. The van der Waals surface area contributed by atoms with E-state index in [1.807, 2.05) is 54.3 Å². The SMILES string of the molecule is Cc1ccc(N2C(=O)C3C4CC(C3C2=O)C2C4Sc3[nH]c(=O)sc3[C@@H]2c2cccc(OCC(=O)N3CCCCC3)c2)cc1. The first-order valence-corrected chi connectivity index (χ1v) is 16.9. The van der Waals surface area contributed by atoms with Crippen molar-refractivity contribution >= 4 is 46.5 Å². The monoisotopic (exact) mass is 615 g/mol. The van der Waals surface area contributed by atoms with Crippen LogP contribution in [0.25, 0.3) is 0 Å². The van der Waals surface area contributed by atoms with Gasteiger partial charge in [-0.1, -0.05) is 41.2 Å². The normalized spacial score (nSPS) is 30.8. The van der Waals surface area contributed by atoms with E-state index in [9.17, 15) is 19.2 Å². The number of aryl methyl sites for hydroxylation is 1. The van der Waals surface area contributed by atoms with Crippen LogP contribution in [0.1, 0.15) is 47.6 Å². The third-order valence-electron chi connectivity index (χ3n) is 10.3. The predicted molar refractivity (Wildman–Crippen MR) is 165 cm³/mol. The fraction of sp³-hybridized carbons (Fsp3) is 0.455. The molecule has 8 rings (SSSR count). The second-order valence-electron chi connectivity index (χ2n) is 12.6. The fourth-order valence-electron chi connectivity index (χ4n) is 8.52. The number of nitrogens with one attached hydrogen (secondary N) is 1. The van der Waals surface area contributed by atoms with Crippen molar-refractivity contribution in [3.8, 4) is 5.75 Å². The highest BCUT2D eigenvalue weighted by atomic mass is 32.2. The molecule has 1 N–H and O–H groups in total. The maximum atomic E-state index is 14.0. The number of benzene rings is 2. The Labute approximate surface area is 257 Å². The highest BCUT2D eigenvalue weighted by molar-refractivity contribution is 8.00.